The van der Waals surface area contributed by atoms with Gasteiger partial charge in [-0.1, -0.05) is 24.3 Å². The molecule has 0 unspecified atom stereocenters. The average Bonchev–Trinajstić information content (AvgIpc) is 3.05. The van der Waals surface area contributed by atoms with E-state index in [-0.39, 0.29) is 10.4 Å². The summed E-state index contributed by atoms with van der Waals surface area (Å²) in [6.07, 6.45) is -4.39. The van der Waals surface area contributed by atoms with Gasteiger partial charge >= 0.3 is 6.18 Å². The lowest BCUT2D eigenvalue weighted by atomic mass is 10.2. The van der Waals surface area contributed by atoms with Gasteiger partial charge in [-0.15, -0.1) is 11.3 Å². The van der Waals surface area contributed by atoms with Crippen molar-refractivity contribution in [2.75, 3.05) is 0 Å². The fourth-order valence-corrected chi connectivity index (χ4v) is 2.23. The van der Waals surface area contributed by atoms with E-state index in [0.29, 0.717) is 6.08 Å². The summed E-state index contributed by atoms with van der Waals surface area (Å²) in [5.74, 6) is -1.54. The minimum atomic E-state index is -4.81. The number of hydrazine groups is 1. The van der Waals surface area contributed by atoms with Crippen LogP contribution in [0.5, 0.6) is 0 Å². The highest BCUT2D eigenvalue weighted by Crippen LogP contribution is 2.24. The zero-order valence-electron chi connectivity index (χ0n) is 11.6. The zero-order valence-corrected chi connectivity index (χ0v) is 12.4. The Labute approximate surface area is 133 Å². The quantitative estimate of drug-likeness (QED) is 0.499. The van der Waals surface area contributed by atoms with Crippen LogP contribution in [0.1, 0.15) is 20.0 Å². The van der Waals surface area contributed by atoms with Gasteiger partial charge in [0.15, 0.2) is 5.78 Å². The van der Waals surface area contributed by atoms with Gasteiger partial charge in [0.1, 0.15) is 5.70 Å². The van der Waals surface area contributed by atoms with E-state index < -0.39 is 23.6 Å². The second-order valence-corrected chi connectivity index (χ2v) is 5.29. The van der Waals surface area contributed by atoms with Crippen molar-refractivity contribution in [2.45, 2.75) is 6.18 Å². The highest BCUT2D eigenvalue weighted by atomic mass is 32.1. The first-order valence-electron chi connectivity index (χ1n) is 6.36. The van der Waals surface area contributed by atoms with Crippen LogP contribution in [0.3, 0.4) is 0 Å². The summed E-state index contributed by atoms with van der Waals surface area (Å²) in [5.41, 5.74) is 2.54. The first kappa shape index (κ1) is 16.8. The Morgan fingerprint density at radius 2 is 1.70 bits per heavy atom. The van der Waals surface area contributed by atoms with E-state index in [2.05, 4.69) is 0 Å². The predicted molar refractivity (Wildman–Crippen MR) is 79.8 cm³/mol. The molecule has 0 spiro atoms. The Hall–Kier alpha value is -2.61. The summed E-state index contributed by atoms with van der Waals surface area (Å²) in [5, 5.41) is 1.58. The van der Waals surface area contributed by atoms with Gasteiger partial charge in [-0.25, -0.2) is 0 Å². The Kier molecular flexibility index (Phi) is 5.17. The van der Waals surface area contributed by atoms with E-state index in [0.717, 1.165) is 11.3 Å². The number of carbonyl (C=O) groups is 2. The fourth-order valence-electron chi connectivity index (χ4n) is 1.60. The van der Waals surface area contributed by atoms with Crippen LogP contribution in [0.4, 0.5) is 13.2 Å². The lowest BCUT2D eigenvalue weighted by Crippen LogP contribution is -2.41. The summed E-state index contributed by atoms with van der Waals surface area (Å²) >= 11 is 1.03. The molecular weight excluding hydrogens is 329 g/mol. The third-order valence-electron chi connectivity index (χ3n) is 2.69. The number of rotatable bonds is 5. The fraction of sp³-hybridized carbons (Fsp3) is 0.0667. The van der Waals surface area contributed by atoms with E-state index in [1.54, 1.807) is 35.1 Å². The lowest BCUT2D eigenvalue weighted by molar-refractivity contribution is -0.0977. The zero-order chi connectivity index (χ0) is 16.9. The van der Waals surface area contributed by atoms with Gasteiger partial charge in [0.25, 0.3) is 5.91 Å². The van der Waals surface area contributed by atoms with Crippen molar-refractivity contribution in [3.8, 4) is 0 Å². The Morgan fingerprint density at radius 1 is 1.00 bits per heavy atom. The molecule has 1 aromatic carbocycles. The molecule has 8 heteroatoms. The molecule has 0 aliphatic carbocycles. The van der Waals surface area contributed by atoms with Crippen LogP contribution in [0, 0.1) is 0 Å². The van der Waals surface area contributed by atoms with Crippen LogP contribution in [-0.2, 0) is 0 Å². The van der Waals surface area contributed by atoms with Crippen molar-refractivity contribution < 1.29 is 22.8 Å². The van der Waals surface area contributed by atoms with Gasteiger partial charge < -0.3 is 0 Å². The molecule has 0 bridgehead atoms. The molecule has 4 nitrogen and oxygen atoms in total. The van der Waals surface area contributed by atoms with E-state index in [1.807, 2.05) is 5.43 Å². The van der Waals surface area contributed by atoms with Crippen molar-refractivity contribution in [1.29, 1.82) is 0 Å². The SMILES string of the molecule is O=C(NN/C(=C/C(=O)c1cccs1)C(F)(F)F)c1ccccc1. The molecule has 0 aliphatic rings. The number of carbonyl (C=O) groups excluding carboxylic acids is 2. The molecule has 0 saturated carbocycles. The van der Waals surface area contributed by atoms with Gasteiger partial charge in [-0.2, -0.15) is 13.2 Å². The second kappa shape index (κ2) is 7.10. The molecule has 1 heterocycles. The standard InChI is InChI=1S/C15H11F3N2O2S/c16-15(17,18)13(9-11(21)12-7-4-8-23-12)19-20-14(22)10-5-2-1-3-6-10/h1-9,19H,(H,20,22)/b13-9+. The monoisotopic (exact) mass is 340 g/mol. The number of halogens is 3. The number of nitrogens with one attached hydrogen (secondary N) is 2. The van der Waals surface area contributed by atoms with Gasteiger partial charge in [-0.3, -0.25) is 20.4 Å². The summed E-state index contributed by atoms with van der Waals surface area (Å²) < 4.78 is 38.8. The maximum Gasteiger partial charge on any atom is 0.432 e. The maximum absolute atomic E-state index is 12.9. The summed E-state index contributed by atoms with van der Waals surface area (Å²) in [6, 6.07) is 10.7. The summed E-state index contributed by atoms with van der Waals surface area (Å²) in [4.78, 5) is 23.7. The molecule has 120 valence electrons. The van der Waals surface area contributed by atoms with E-state index in [1.165, 1.54) is 18.2 Å². The molecule has 1 aromatic heterocycles. The molecule has 0 fully saturated rings. The van der Waals surface area contributed by atoms with Crippen molar-refractivity contribution in [2.24, 2.45) is 0 Å². The minimum Gasteiger partial charge on any atom is -0.294 e. The Morgan fingerprint density at radius 3 is 2.26 bits per heavy atom. The largest absolute Gasteiger partial charge is 0.432 e. The van der Waals surface area contributed by atoms with E-state index in [4.69, 9.17) is 0 Å². The maximum atomic E-state index is 12.9. The predicted octanol–water partition coefficient (Wildman–Crippen LogP) is 3.31. The first-order chi connectivity index (χ1) is 10.9. The number of hydrogen-bond donors (Lipinski definition) is 2. The summed E-state index contributed by atoms with van der Waals surface area (Å²) in [7, 11) is 0. The van der Waals surface area contributed by atoms with Crippen molar-refractivity contribution >= 4 is 23.0 Å². The topological polar surface area (TPSA) is 58.2 Å². The third kappa shape index (κ3) is 4.68. The number of alkyl halides is 3. The molecule has 0 radical (unpaired) electrons. The molecule has 0 atom stereocenters. The minimum absolute atomic E-state index is 0.169. The smallest absolute Gasteiger partial charge is 0.294 e. The van der Waals surface area contributed by atoms with Crippen molar-refractivity contribution in [3.63, 3.8) is 0 Å². The average molecular weight is 340 g/mol. The molecule has 1 amide bonds. The number of benzene rings is 1. The van der Waals surface area contributed by atoms with E-state index >= 15 is 0 Å². The van der Waals surface area contributed by atoms with Gasteiger partial charge in [0.2, 0.25) is 0 Å². The van der Waals surface area contributed by atoms with Gasteiger partial charge in [0.05, 0.1) is 4.88 Å². The Bertz CT molecular complexity index is 710. The first-order valence-corrected chi connectivity index (χ1v) is 7.24. The van der Waals surface area contributed by atoms with Gasteiger partial charge in [0, 0.05) is 11.6 Å². The summed E-state index contributed by atoms with van der Waals surface area (Å²) in [6.45, 7) is 0. The number of ketones is 1. The highest BCUT2D eigenvalue weighted by Gasteiger charge is 2.35. The van der Waals surface area contributed by atoms with Crippen LogP contribution in [0.2, 0.25) is 0 Å². The highest BCUT2D eigenvalue weighted by molar-refractivity contribution is 7.12. The van der Waals surface area contributed by atoms with Gasteiger partial charge in [-0.05, 0) is 23.6 Å². The van der Waals surface area contributed by atoms with Crippen molar-refractivity contribution in [1.82, 2.24) is 10.9 Å². The van der Waals surface area contributed by atoms with Crippen molar-refractivity contribution in [3.05, 3.63) is 70.1 Å². The second-order valence-electron chi connectivity index (χ2n) is 4.34. The molecule has 2 N–H and O–H groups in total. The van der Waals surface area contributed by atoms with Crippen LogP contribution >= 0.6 is 11.3 Å². The number of amides is 1. The lowest BCUT2D eigenvalue weighted by Gasteiger charge is -2.14. The molecule has 0 saturated heterocycles. The molecule has 2 aromatic rings. The van der Waals surface area contributed by atoms with Crippen LogP contribution in [0.15, 0.2) is 59.6 Å². The number of allylic oxidation sites excluding steroid dienone is 2. The molecule has 23 heavy (non-hydrogen) atoms. The van der Waals surface area contributed by atoms with Crippen LogP contribution in [-0.4, -0.2) is 17.9 Å². The number of thiophene rings is 1. The Balaban J connectivity index is 2.11. The number of hydrogen-bond acceptors (Lipinski definition) is 4. The molecule has 2 rings (SSSR count). The molecule has 0 aliphatic heterocycles. The molecular formula is C15H11F3N2O2S. The van der Waals surface area contributed by atoms with Crippen LogP contribution in [0.25, 0.3) is 0 Å². The normalized spacial score (nSPS) is 11.9. The van der Waals surface area contributed by atoms with E-state index in [9.17, 15) is 22.8 Å². The van der Waals surface area contributed by atoms with Crippen LogP contribution < -0.4 is 10.9 Å². The third-order valence-corrected chi connectivity index (χ3v) is 3.58.